The third-order valence-corrected chi connectivity index (χ3v) is 5.52. The van der Waals surface area contributed by atoms with Gasteiger partial charge in [0.05, 0.1) is 0 Å². The van der Waals surface area contributed by atoms with Gasteiger partial charge in [0.25, 0.3) is 0 Å². The summed E-state index contributed by atoms with van der Waals surface area (Å²) in [6, 6.07) is 38.1. The van der Waals surface area contributed by atoms with Crippen LogP contribution in [-0.2, 0) is 0 Å². The Morgan fingerprint density at radius 3 is 1.09 bits per heavy atom. The van der Waals surface area contributed by atoms with Gasteiger partial charge in [-0.1, -0.05) is 91.0 Å². The highest BCUT2D eigenvalue weighted by atomic mass is 14.3. The van der Waals surface area contributed by atoms with Gasteiger partial charge in [0.1, 0.15) is 35.4 Å². The van der Waals surface area contributed by atoms with Crippen molar-refractivity contribution >= 4 is 11.1 Å². The van der Waals surface area contributed by atoms with Crippen molar-refractivity contribution in [2.45, 2.75) is 0 Å². The second-order valence-electron chi connectivity index (χ2n) is 7.39. The zero-order valence-corrected chi connectivity index (χ0v) is 18.0. The number of allylic oxidation sites excluding steroid dienone is 2. The van der Waals surface area contributed by atoms with E-state index in [1.165, 1.54) is 0 Å². The van der Waals surface area contributed by atoms with Crippen LogP contribution in [0.3, 0.4) is 0 Å². The molecule has 4 rings (SSSR count). The maximum atomic E-state index is 9.77. The average molecular weight is 432 g/mol. The monoisotopic (exact) mass is 432 g/mol. The fourth-order valence-corrected chi connectivity index (χ4v) is 4.08. The van der Waals surface area contributed by atoms with Crippen molar-refractivity contribution in [1.29, 1.82) is 21.0 Å². The van der Waals surface area contributed by atoms with Crippen LogP contribution in [-0.4, -0.2) is 0 Å². The lowest BCUT2D eigenvalue weighted by molar-refractivity contribution is 1.45. The second-order valence-corrected chi connectivity index (χ2v) is 7.39. The Morgan fingerprint density at radius 1 is 0.441 bits per heavy atom. The number of benzene rings is 2. The van der Waals surface area contributed by atoms with E-state index in [4.69, 9.17) is 0 Å². The van der Waals surface area contributed by atoms with Crippen LogP contribution in [0.5, 0.6) is 0 Å². The van der Waals surface area contributed by atoms with Gasteiger partial charge in [0, 0.05) is 11.1 Å². The van der Waals surface area contributed by atoms with E-state index in [9.17, 15) is 21.0 Å². The number of hydrogen-bond donors (Lipinski definition) is 0. The summed E-state index contributed by atoms with van der Waals surface area (Å²) < 4.78 is 0. The minimum atomic E-state index is -0.0119. The molecule has 2 aromatic carbocycles. The number of hydrogen-bond acceptors (Lipinski definition) is 4. The Kier molecular flexibility index (Phi) is 6.29. The Bertz CT molecular complexity index is 1420. The van der Waals surface area contributed by atoms with E-state index in [1.54, 1.807) is 0 Å². The second kappa shape index (κ2) is 9.80. The Balaban J connectivity index is 2.15. The van der Waals surface area contributed by atoms with Crippen LogP contribution in [0.15, 0.2) is 108 Å². The largest absolute Gasteiger partial charge is 0.192 e. The molecule has 34 heavy (non-hydrogen) atoms. The molecule has 2 aliphatic rings. The van der Waals surface area contributed by atoms with Gasteiger partial charge in [-0.05, 0) is 39.4 Å². The van der Waals surface area contributed by atoms with Crippen molar-refractivity contribution in [1.82, 2.24) is 0 Å². The van der Waals surface area contributed by atoms with E-state index in [0.29, 0.717) is 22.3 Å². The van der Waals surface area contributed by atoms with E-state index in [1.807, 2.05) is 121 Å². The summed E-state index contributed by atoms with van der Waals surface area (Å²) in [5.74, 6) is 0. The molecule has 0 fully saturated rings. The standard InChI is InChI=1S/C30H16N4/c31-17-23(18-32)29(21-10-4-1-5-11-21)27-16-28(26-15-9-3-8-14-25(26)27)30(24(19-33)20-34)22-12-6-2-7-13-22/h1-16H. The fourth-order valence-electron chi connectivity index (χ4n) is 4.08. The SMILES string of the molecule is N#CC(C#N)=C(c1ccccc1)c1cc(C(=C(C#N)C#N)c2ccccc2)c2cccccc1-2. The maximum Gasteiger partial charge on any atom is 0.138 e. The molecule has 4 heteroatoms. The van der Waals surface area contributed by atoms with Crippen LogP contribution < -0.4 is 0 Å². The zero-order valence-electron chi connectivity index (χ0n) is 18.0. The van der Waals surface area contributed by atoms with E-state index in [-0.39, 0.29) is 11.1 Å². The molecule has 0 saturated carbocycles. The third kappa shape index (κ3) is 3.92. The molecule has 0 aromatic heterocycles. The number of nitrogens with zero attached hydrogens (tertiary/aromatic N) is 4. The number of fused-ring (bicyclic) bond motifs is 1. The molecule has 2 aliphatic carbocycles. The maximum absolute atomic E-state index is 9.77. The summed E-state index contributed by atoms with van der Waals surface area (Å²) in [5, 5.41) is 39.1. The van der Waals surface area contributed by atoms with Crippen LogP contribution >= 0.6 is 0 Å². The van der Waals surface area contributed by atoms with Gasteiger partial charge in [-0.15, -0.1) is 0 Å². The highest BCUT2D eigenvalue weighted by molar-refractivity contribution is 6.02. The van der Waals surface area contributed by atoms with Crippen molar-refractivity contribution in [2.75, 3.05) is 0 Å². The van der Waals surface area contributed by atoms with Crippen molar-refractivity contribution in [3.63, 3.8) is 0 Å². The van der Waals surface area contributed by atoms with Crippen molar-refractivity contribution < 1.29 is 0 Å². The summed E-state index contributed by atoms with van der Waals surface area (Å²) in [6.07, 6.45) is 0. The summed E-state index contributed by atoms with van der Waals surface area (Å²) in [6.45, 7) is 0. The fraction of sp³-hybridized carbons (Fsp3) is 0. The molecule has 156 valence electrons. The summed E-state index contributed by atoms with van der Waals surface area (Å²) in [5.41, 5.74) is 5.46. The highest BCUT2D eigenvalue weighted by Crippen LogP contribution is 2.44. The van der Waals surface area contributed by atoms with E-state index >= 15 is 0 Å². The summed E-state index contributed by atoms with van der Waals surface area (Å²) in [7, 11) is 0. The van der Waals surface area contributed by atoms with Gasteiger partial charge < -0.3 is 0 Å². The van der Waals surface area contributed by atoms with Gasteiger partial charge in [0.2, 0.25) is 0 Å². The molecule has 0 heterocycles. The molecule has 0 N–H and O–H groups in total. The van der Waals surface area contributed by atoms with Crippen molar-refractivity contribution in [3.05, 3.63) is 130 Å². The predicted molar refractivity (Wildman–Crippen MR) is 130 cm³/mol. The lowest BCUT2D eigenvalue weighted by Crippen LogP contribution is -1.92. The first-order valence-electron chi connectivity index (χ1n) is 10.5. The van der Waals surface area contributed by atoms with Crippen LogP contribution in [0.1, 0.15) is 22.3 Å². The van der Waals surface area contributed by atoms with Crippen LogP contribution in [0.2, 0.25) is 0 Å². The topological polar surface area (TPSA) is 95.2 Å². The first-order chi connectivity index (χ1) is 16.7. The molecular formula is C30H16N4. The highest BCUT2D eigenvalue weighted by Gasteiger charge is 2.25. The van der Waals surface area contributed by atoms with Crippen LogP contribution in [0.25, 0.3) is 22.3 Å². The summed E-state index contributed by atoms with van der Waals surface area (Å²) >= 11 is 0. The molecular weight excluding hydrogens is 416 g/mol. The first kappa shape index (κ1) is 21.8. The minimum absolute atomic E-state index is 0.0119. The molecule has 0 spiro atoms. The van der Waals surface area contributed by atoms with E-state index < -0.39 is 0 Å². The lowest BCUT2D eigenvalue weighted by Gasteiger charge is -2.09. The Labute approximate surface area is 198 Å². The smallest absolute Gasteiger partial charge is 0.138 e. The molecule has 0 radical (unpaired) electrons. The Morgan fingerprint density at radius 2 is 0.765 bits per heavy atom. The molecule has 0 unspecified atom stereocenters. The third-order valence-electron chi connectivity index (χ3n) is 5.52. The number of rotatable bonds is 4. The molecule has 0 saturated heterocycles. The molecule has 4 nitrogen and oxygen atoms in total. The molecule has 0 atom stereocenters. The van der Waals surface area contributed by atoms with Crippen LogP contribution in [0.4, 0.5) is 0 Å². The van der Waals surface area contributed by atoms with Gasteiger partial charge in [-0.2, -0.15) is 21.0 Å². The molecule has 0 amide bonds. The zero-order chi connectivity index (χ0) is 23.9. The van der Waals surface area contributed by atoms with E-state index in [0.717, 1.165) is 22.3 Å². The quantitative estimate of drug-likeness (QED) is 0.344. The first-order valence-corrected chi connectivity index (χ1v) is 10.5. The van der Waals surface area contributed by atoms with Crippen molar-refractivity contribution in [3.8, 4) is 35.4 Å². The Hall–Kier alpha value is -5.42. The predicted octanol–water partition coefficient (Wildman–Crippen LogP) is 6.49. The van der Waals surface area contributed by atoms with Crippen molar-refractivity contribution in [2.24, 2.45) is 0 Å². The van der Waals surface area contributed by atoms with Gasteiger partial charge in [-0.3, -0.25) is 0 Å². The van der Waals surface area contributed by atoms with E-state index in [2.05, 4.69) is 0 Å². The molecule has 0 bridgehead atoms. The normalized spacial score (nSPS) is 9.65. The van der Waals surface area contributed by atoms with Gasteiger partial charge >= 0.3 is 0 Å². The minimum Gasteiger partial charge on any atom is -0.192 e. The number of nitriles is 4. The summed E-state index contributed by atoms with van der Waals surface area (Å²) in [4.78, 5) is 0. The average Bonchev–Trinajstić information content (AvgIpc) is 3.05. The lowest BCUT2D eigenvalue weighted by atomic mass is 9.92. The molecule has 0 aliphatic heterocycles. The van der Waals surface area contributed by atoms with Gasteiger partial charge in [-0.25, -0.2) is 0 Å². The molecule has 2 aromatic rings. The van der Waals surface area contributed by atoms with Gasteiger partial charge in [0.15, 0.2) is 0 Å². The van der Waals surface area contributed by atoms with Crippen LogP contribution in [0, 0.1) is 45.3 Å².